The van der Waals surface area contributed by atoms with Crippen molar-refractivity contribution in [2.45, 2.75) is 44.1 Å². The predicted molar refractivity (Wildman–Crippen MR) is 114 cm³/mol. The Morgan fingerprint density at radius 1 is 1.11 bits per heavy atom. The second-order valence-electron chi connectivity index (χ2n) is 7.77. The fourth-order valence-corrected chi connectivity index (χ4v) is 3.95. The molecular weight excluding hydrogens is 372 g/mol. The van der Waals surface area contributed by atoms with Gasteiger partial charge in [-0.3, -0.25) is 4.79 Å². The lowest BCUT2D eigenvalue weighted by molar-refractivity contribution is -0.122. The van der Waals surface area contributed by atoms with E-state index in [1.165, 1.54) is 16.7 Å². The number of aryl methyl sites for hydroxylation is 1. The summed E-state index contributed by atoms with van der Waals surface area (Å²) in [6.07, 6.45) is 5.06. The van der Waals surface area contributed by atoms with Crippen LogP contribution >= 0.6 is 12.4 Å². The fraction of sp³-hybridized carbons (Fsp3) is 0.435. The van der Waals surface area contributed by atoms with Crippen molar-refractivity contribution in [3.63, 3.8) is 0 Å². The van der Waals surface area contributed by atoms with Crippen LogP contribution in [0.1, 0.15) is 41.9 Å². The number of carbonyl (C=O) groups excluding carboxylic acids is 1. The number of hydrogen-bond acceptors (Lipinski definition) is 3. The minimum atomic E-state index is 0. The van der Waals surface area contributed by atoms with Crippen molar-refractivity contribution in [1.82, 2.24) is 5.32 Å². The van der Waals surface area contributed by atoms with Crippen LogP contribution in [0.2, 0.25) is 0 Å². The molecule has 150 valence electrons. The SMILES string of the molecule is Cl.NC1CCc2ccc(OCCNC(=O)C3CC3)cc2C1Cc1ccccc1. The van der Waals surface area contributed by atoms with E-state index >= 15 is 0 Å². The lowest BCUT2D eigenvalue weighted by Crippen LogP contribution is -2.34. The molecule has 0 aromatic heterocycles. The van der Waals surface area contributed by atoms with Crippen LogP contribution in [0.25, 0.3) is 0 Å². The van der Waals surface area contributed by atoms with Crippen LogP contribution in [0.3, 0.4) is 0 Å². The van der Waals surface area contributed by atoms with Crippen molar-refractivity contribution in [1.29, 1.82) is 0 Å². The van der Waals surface area contributed by atoms with Crippen molar-refractivity contribution in [2.24, 2.45) is 11.7 Å². The van der Waals surface area contributed by atoms with Crippen molar-refractivity contribution >= 4 is 18.3 Å². The Hall–Kier alpha value is -2.04. The Kier molecular flexibility index (Phi) is 6.97. The molecule has 0 bridgehead atoms. The number of ether oxygens (including phenoxy) is 1. The smallest absolute Gasteiger partial charge is 0.223 e. The molecule has 2 atom stereocenters. The van der Waals surface area contributed by atoms with Gasteiger partial charge in [-0.05, 0) is 60.9 Å². The normalized spacial score (nSPS) is 20.6. The van der Waals surface area contributed by atoms with Gasteiger partial charge in [-0.25, -0.2) is 0 Å². The van der Waals surface area contributed by atoms with E-state index in [2.05, 4.69) is 41.7 Å². The van der Waals surface area contributed by atoms with Crippen LogP contribution in [0.15, 0.2) is 48.5 Å². The lowest BCUT2D eigenvalue weighted by Gasteiger charge is -2.32. The highest BCUT2D eigenvalue weighted by Crippen LogP contribution is 2.35. The van der Waals surface area contributed by atoms with Gasteiger partial charge >= 0.3 is 0 Å². The number of halogens is 1. The minimum Gasteiger partial charge on any atom is -0.492 e. The van der Waals surface area contributed by atoms with Gasteiger partial charge in [0.25, 0.3) is 0 Å². The van der Waals surface area contributed by atoms with Gasteiger partial charge < -0.3 is 15.8 Å². The minimum absolute atomic E-state index is 0. The number of carbonyl (C=O) groups is 1. The summed E-state index contributed by atoms with van der Waals surface area (Å²) in [7, 11) is 0. The van der Waals surface area contributed by atoms with Gasteiger partial charge in [-0.15, -0.1) is 12.4 Å². The summed E-state index contributed by atoms with van der Waals surface area (Å²) in [6.45, 7) is 1.05. The van der Waals surface area contributed by atoms with Crippen LogP contribution in [0, 0.1) is 5.92 Å². The van der Waals surface area contributed by atoms with Crippen molar-refractivity contribution in [2.75, 3.05) is 13.2 Å². The average Bonchev–Trinajstić information content (AvgIpc) is 3.53. The molecule has 2 aliphatic rings. The quantitative estimate of drug-likeness (QED) is 0.698. The molecule has 0 spiro atoms. The highest BCUT2D eigenvalue weighted by atomic mass is 35.5. The third-order valence-corrected chi connectivity index (χ3v) is 5.70. The predicted octanol–water partition coefficient (Wildman–Crippen LogP) is 3.61. The molecule has 28 heavy (non-hydrogen) atoms. The van der Waals surface area contributed by atoms with Crippen molar-refractivity contribution in [3.8, 4) is 5.75 Å². The summed E-state index contributed by atoms with van der Waals surface area (Å²) in [5, 5.41) is 2.94. The number of rotatable bonds is 7. The van der Waals surface area contributed by atoms with E-state index in [0.717, 1.165) is 37.9 Å². The highest BCUT2D eigenvalue weighted by molar-refractivity contribution is 5.85. The summed E-state index contributed by atoms with van der Waals surface area (Å²) < 4.78 is 5.90. The van der Waals surface area contributed by atoms with Crippen LogP contribution in [-0.2, 0) is 17.6 Å². The van der Waals surface area contributed by atoms with Gasteiger partial charge in [0.15, 0.2) is 0 Å². The van der Waals surface area contributed by atoms with E-state index in [1.54, 1.807) is 0 Å². The van der Waals surface area contributed by atoms with Gasteiger partial charge in [0.1, 0.15) is 12.4 Å². The van der Waals surface area contributed by atoms with E-state index in [1.807, 2.05) is 12.1 Å². The maximum absolute atomic E-state index is 11.7. The van der Waals surface area contributed by atoms with Crippen LogP contribution in [-0.4, -0.2) is 25.1 Å². The first-order valence-electron chi connectivity index (χ1n) is 10.0. The Labute approximate surface area is 173 Å². The monoisotopic (exact) mass is 400 g/mol. The molecule has 5 heteroatoms. The zero-order valence-electron chi connectivity index (χ0n) is 16.1. The Bertz CT molecular complexity index is 792. The van der Waals surface area contributed by atoms with Gasteiger partial charge in [0, 0.05) is 17.9 Å². The fourth-order valence-electron chi connectivity index (χ4n) is 3.95. The molecule has 2 aromatic carbocycles. The van der Waals surface area contributed by atoms with Gasteiger partial charge in [-0.2, -0.15) is 0 Å². The molecule has 1 amide bonds. The number of hydrogen-bond donors (Lipinski definition) is 2. The average molecular weight is 401 g/mol. The summed E-state index contributed by atoms with van der Waals surface area (Å²) in [5.41, 5.74) is 10.5. The number of fused-ring (bicyclic) bond motifs is 1. The Balaban J connectivity index is 0.00000225. The zero-order chi connectivity index (χ0) is 18.6. The van der Waals surface area contributed by atoms with E-state index in [4.69, 9.17) is 10.5 Å². The standard InChI is InChI=1S/C23H28N2O2.ClH/c24-22-11-9-17-8-10-19(27-13-12-25-23(26)18-6-7-18)15-20(17)21(22)14-16-4-2-1-3-5-16;/h1-5,8,10,15,18,21-22H,6-7,9,11-14,24H2,(H,25,26);1H. The molecular formula is C23H29ClN2O2. The third-order valence-electron chi connectivity index (χ3n) is 5.70. The Morgan fingerprint density at radius 3 is 2.64 bits per heavy atom. The molecule has 4 rings (SSSR count). The molecule has 1 saturated carbocycles. The zero-order valence-corrected chi connectivity index (χ0v) is 16.9. The van der Waals surface area contributed by atoms with Crippen molar-refractivity contribution < 1.29 is 9.53 Å². The van der Waals surface area contributed by atoms with E-state index in [9.17, 15) is 4.79 Å². The van der Waals surface area contributed by atoms with Crippen LogP contribution < -0.4 is 15.8 Å². The molecule has 0 heterocycles. The van der Waals surface area contributed by atoms with Gasteiger partial charge in [-0.1, -0.05) is 36.4 Å². The topological polar surface area (TPSA) is 64.3 Å². The first-order chi connectivity index (χ1) is 13.2. The molecule has 0 aliphatic heterocycles. The molecule has 0 saturated heterocycles. The second-order valence-corrected chi connectivity index (χ2v) is 7.77. The third kappa shape index (κ3) is 5.06. The second kappa shape index (κ2) is 9.44. The molecule has 1 fully saturated rings. The summed E-state index contributed by atoms with van der Waals surface area (Å²) >= 11 is 0. The summed E-state index contributed by atoms with van der Waals surface area (Å²) in [6, 6.07) is 17.1. The van der Waals surface area contributed by atoms with Crippen molar-refractivity contribution in [3.05, 3.63) is 65.2 Å². The van der Waals surface area contributed by atoms with Gasteiger partial charge in [0.05, 0.1) is 6.54 Å². The van der Waals surface area contributed by atoms with Gasteiger partial charge in [0.2, 0.25) is 5.91 Å². The maximum atomic E-state index is 11.7. The summed E-state index contributed by atoms with van der Waals surface area (Å²) in [5.74, 6) is 1.59. The Morgan fingerprint density at radius 2 is 1.89 bits per heavy atom. The number of nitrogens with one attached hydrogen (secondary N) is 1. The van der Waals surface area contributed by atoms with E-state index < -0.39 is 0 Å². The van der Waals surface area contributed by atoms with E-state index in [0.29, 0.717) is 19.1 Å². The largest absolute Gasteiger partial charge is 0.492 e. The molecule has 2 aliphatic carbocycles. The first-order valence-corrected chi connectivity index (χ1v) is 10.0. The lowest BCUT2D eigenvalue weighted by atomic mass is 9.76. The molecule has 4 nitrogen and oxygen atoms in total. The van der Waals surface area contributed by atoms with Crippen LogP contribution in [0.4, 0.5) is 0 Å². The number of benzene rings is 2. The first kappa shape index (κ1) is 20.7. The van der Waals surface area contributed by atoms with Crippen LogP contribution in [0.5, 0.6) is 5.75 Å². The number of amides is 1. The maximum Gasteiger partial charge on any atom is 0.223 e. The van der Waals surface area contributed by atoms with E-state index in [-0.39, 0.29) is 30.3 Å². The molecule has 2 aromatic rings. The molecule has 0 radical (unpaired) electrons. The highest BCUT2D eigenvalue weighted by Gasteiger charge is 2.29. The summed E-state index contributed by atoms with van der Waals surface area (Å²) in [4.78, 5) is 11.7. The number of nitrogens with two attached hydrogens (primary N) is 1. The molecule has 3 N–H and O–H groups in total. The molecule has 2 unspecified atom stereocenters.